The normalized spacial score (nSPS) is 13.0. The maximum atomic E-state index is 9.42. The molecule has 2 aromatic carbocycles. The van der Waals surface area contributed by atoms with Gasteiger partial charge in [-0.25, -0.2) is 0 Å². The highest BCUT2D eigenvalue weighted by Gasteiger charge is 2.20. The van der Waals surface area contributed by atoms with Crippen molar-refractivity contribution < 1.29 is 0 Å². The Morgan fingerprint density at radius 2 is 1.47 bits per heavy atom. The van der Waals surface area contributed by atoms with E-state index >= 15 is 0 Å². The summed E-state index contributed by atoms with van der Waals surface area (Å²) in [6, 6.07) is 21.7. The molecule has 92 valence electrons. The van der Waals surface area contributed by atoms with E-state index in [2.05, 4.69) is 19.1 Å². The van der Waals surface area contributed by atoms with E-state index in [1.807, 2.05) is 42.5 Å². The standard InChI is InChI=1S/C17H14N2/c1-13(15-5-3-2-4-6-15)17(12-19)16-9-7-14(11-18)8-10-16/h2-10,13,17H,1H3. The Bertz CT molecular complexity index is 615. The fourth-order valence-corrected chi connectivity index (χ4v) is 2.19. The molecular formula is C17H14N2. The van der Waals surface area contributed by atoms with Crippen molar-refractivity contribution in [3.63, 3.8) is 0 Å². The first-order chi connectivity index (χ1) is 9.26. The predicted molar refractivity (Wildman–Crippen MR) is 74.4 cm³/mol. The minimum Gasteiger partial charge on any atom is -0.198 e. The SMILES string of the molecule is CC(c1ccccc1)C(C#N)c1ccc(C#N)cc1. The first-order valence-electron chi connectivity index (χ1n) is 6.21. The largest absolute Gasteiger partial charge is 0.198 e. The van der Waals surface area contributed by atoms with Crippen LogP contribution in [-0.4, -0.2) is 0 Å². The van der Waals surface area contributed by atoms with Crippen molar-refractivity contribution in [2.45, 2.75) is 18.8 Å². The van der Waals surface area contributed by atoms with Gasteiger partial charge in [0.1, 0.15) is 0 Å². The highest BCUT2D eigenvalue weighted by atomic mass is 14.3. The molecule has 0 aliphatic heterocycles. The second-order valence-corrected chi connectivity index (χ2v) is 4.54. The minimum atomic E-state index is -0.199. The van der Waals surface area contributed by atoms with Crippen LogP contribution in [0.15, 0.2) is 54.6 Å². The van der Waals surface area contributed by atoms with Gasteiger partial charge in [-0.2, -0.15) is 10.5 Å². The van der Waals surface area contributed by atoms with Gasteiger partial charge in [0.2, 0.25) is 0 Å². The van der Waals surface area contributed by atoms with E-state index in [-0.39, 0.29) is 11.8 Å². The van der Waals surface area contributed by atoms with Crippen LogP contribution < -0.4 is 0 Å². The summed E-state index contributed by atoms with van der Waals surface area (Å²) < 4.78 is 0. The maximum absolute atomic E-state index is 9.42. The van der Waals surface area contributed by atoms with Gasteiger partial charge in [-0.05, 0) is 23.3 Å². The summed E-state index contributed by atoms with van der Waals surface area (Å²) in [6.07, 6.45) is 0. The summed E-state index contributed by atoms with van der Waals surface area (Å²) in [5.41, 5.74) is 2.73. The molecule has 0 radical (unpaired) electrons. The van der Waals surface area contributed by atoms with E-state index < -0.39 is 0 Å². The molecule has 2 aromatic rings. The first kappa shape index (κ1) is 12.9. The lowest BCUT2D eigenvalue weighted by molar-refractivity contribution is 0.686. The third-order valence-corrected chi connectivity index (χ3v) is 3.36. The molecule has 0 aliphatic rings. The summed E-state index contributed by atoms with van der Waals surface area (Å²) in [5, 5.41) is 18.2. The summed E-state index contributed by atoms with van der Waals surface area (Å²) >= 11 is 0. The van der Waals surface area contributed by atoms with Crippen LogP contribution in [0.25, 0.3) is 0 Å². The molecule has 0 amide bonds. The molecule has 2 unspecified atom stereocenters. The quantitative estimate of drug-likeness (QED) is 0.822. The van der Waals surface area contributed by atoms with Gasteiger partial charge in [0.25, 0.3) is 0 Å². The molecule has 0 aliphatic carbocycles. The molecule has 0 aromatic heterocycles. The third kappa shape index (κ3) is 2.81. The van der Waals surface area contributed by atoms with Crippen LogP contribution in [0.1, 0.15) is 35.4 Å². The van der Waals surface area contributed by atoms with Crippen molar-refractivity contribution in [1.29, 1.82) is 10.5 Å². The van der Waals surface area contributed by atoms with E-state index in [0.29, 0.717) is 5.56 Å². The van der Waals surface area contributed by atoms with E-state index in [9.17, 15) is 5.26 Å². The van der Waals surface area contributed by atoms with Gasteiger partial charge in [0.05, 0.1) is 23.6 Å². The fraction of sp³-hybridized carbons (Fsp3) is 0.176. The van der Waals surface area contributed by atoms with Gasteiger partial charge in [-0.1, -0.05) is 49.4 Å². The summed E-state index contributed by atoms with van der Waals surface area (Å²) in [6.45, 7) is 2.06. The van der Waals surface area contributed by atoms with Crippen LogP contribution in [-0.2, 0) is 0 Å². The highest BCUT2D eigenvalue weighted by Crippen LogP contribution is 2.32. The van der Waals surface area contributed by atoms with Crippen molar-refractivity contribution in [1.82, 2.24) is 0 Å². The number of hydrogen-bond donors (Lipinski definition) is 0. The molecule has 0 N–H and O–H groups in total. The molecule has 0 heterocycles. The van der Waals surface area contributed by atoms with Crippen LogP contribution in [0.3, 0.4) is 0 Å². The lowest BCUT2D eigenvalue weighted by atomic mass is 9.83. The van der Waals surface area contributed by atoms with Crippen LogP contribution in [0.4, 0.5) is 0 Å². The molecule has 0 spiro atoms. The number of benzene rings is 2. The van der Waals surface area contributed by atoms with Crippen molar-refractivity contribution in [3.05, 3.63) is 71.3 Å². The smallest absolute Gasteiger partial charge is 0.0991 e. The second kappa shape index (κ2) is 5.85. The number of rotatable bonds is 3. The Labute approximate surface area is 113 Å². The van der Waals surface area contributed by atoms with Crippen molar-refractivity contribution in [2.24, 2.45) is 0 Å². The Hall–Kier alpha value is -2.58. The lowest BCUT2D eigenvalue weighted by Gasteiger charge is -2.18. The van der Waals surface area contributed by atoms with Crippen LogP contribution >= 0.6 is 0 Å². The monoisotopic (exact) mass is 246 g/mol. The molecule has 0 saturated heterocycles. The topological polar surface area (TPSA) is 47.6 Å². The summed E-state index contributed by atoms with van der Waals surface area (Å²) in [4.78, 5) is 0. The molecule has 2 atom stereocenters. The Morgan fingerprint density at radius 1 is 0.842 bits per heavy atom. The first-order valence-corrected chi connectivity index (χ1v) is 6.21. The van der Waals surface area contributed by atoms with Gasteiger partial charge in [-0.15, -0.1) is 0 Å². The molecule has 0 bridgehead atoms. The number of hydrogen-bond acceptors (Lipinski definition) is 2. The maximum Gasteiger partial charge on any atom is 0.0991 e. The second-order valence-electron chi connectivity index (χ2n) is 4.54. The van der Waals surface area contributed by atoms with Gasteiger partial charge >= 0.3 is 0 Å². The van der Waals surface area contributed by atoms with E-state index in [1.165, 1.54) is 0 Å². The van der Waals surface area contributed by atoms with Crippen LogP contribution in [0.2, 0.25) is 0 Å². The Balaban J connectivity index is 2.30. The number of nitrogens with zero attached hydrogens (tertiary/aromatic N) is 2. The number of nitriles is 2. The van der Waals surface area contributed by atoms with Crippen LogP contribution in [0.5, 0.6) is 0 Å². The van der Waals surface area contributed by atoms with E-state index in [1.54, 1.807) is 12.1 Å². The average Bonchev–Trinajstić information content (AvgIpc) is 2.49. The minimum absolute atomic E-state index is 0.124. The molecule has 0 fully saturated rings. The summed E-state index contributed by atoms with van der Waals surface area (Å²) in [5.74, 6) is -0.0747. The van der Waals surface area contributed by atoms with E-state index in [4.69, 9.17) is 5.26 Å². The molecule has 2 nitrogen and oxygen atoms in total. The predicted octanol–water partition coefficient (Wildman–Crippen LogP) is 3.97. The molecular weight excluding hydrogens is 232 g/mol. The molecule has 2 rings (SSSR count). The molecule has 2 heteroatoms. The lowest BCUT2D eigenvalue weighted by Crippen LogP contribution is -2.06. The van der Waals surface area contributed by atoms with Gasteiger partial charge in [0, 0.05) is 5.92 Å². The van der Waals surface area contributed by atoms with Crippen molar-refractivity contribution in [2.75, 3.05) is 0 Å². The Morgan fingerprint density at radius 3 is 2.00 bits per heavy atom. The van der Waals surface area contributed by atoms with Gasteiger partial charge in [0.15, 0.2) is 0 Å². The summed E-state index contributed by atoms with van der Waals surface area (Å²) in [7, 11) is 0. The van der Waals surface area contributed by atoms with Gasteiger partial charge in [-0.3, -0.25) is 0 Å². The van der Waals surface area contributed by atoms with Crippen molar-refractivity contribution in [3.8, 4) is 12.1 Å². The van der Waals surface area contributed by atoms with Gasteiger partial charge < -0.3 is 0 Å². The molecule has 19 heavy (non-hydrogen) atoms. The Kier molecular flexibility index (Phi) is 3.96. The third-order valence-electron chi connectivity index (χ3n) is 3.36. The fourth-order valence-electron chi connectivity index (χ4n) is 2.19. The van der Waals surface area contributed by atoms with E-state index in [0.717, 1.165) is 11.1 Å². The highest BCUT2D eigenvalue weighted by molar-refractivity contribution is 5.37. The van der Waals surface area contributed by atoms with Crippen molar-refractivity contribution >= 4 is 0 Å². The average molecular weight is 246 g/mol. The van der Waals surface area contributed by atoms with Crippen LogP contribution in [0, 0.1) is 22.7 Å². The zero-order valence-corrected chi connectivity index (χ0v) is 10.7. The zero-order valence-electron chi connectivity index (χ0n) is 10.7. The molecule has 0 saturated carbocycles. The zero-order chi connectivity index (χ0) is 13.7.